The second-order valence-electron chi connectivity index (χ2n) is 6.68. The van der Waals surface area contributed by atoms with Gasteiger partial charge >= 0.3 is 0 Å². The number of amides is 2. The topological polar surface area (TPSA) is 88.3 Å². The maximum Gasteiger partial charge on any atom is 0.257 e. The van der Waals surface area contributed by atoms with Crippen LogP contribution in [0.2, 0.25) is 0 Å². The summed E-state index contributed by atoms with van der Waals surface area (Å²) < 4.78 is 5.12. The van der Waals surface area contributed by atoms with Crippen molar-refractivity contribution in [2.75, 3.05) is 18.9 Å². The molecule has 0 spiro atoms. The SMILES string of the molecule is Cc1noc(-c2ccc(C(=O)N(C)CC(=O)Nc3cccc(C)c3C)cc2)n1. The summed E-state index contributed by atoms with van der Waals surface area (Å²) >= 11 is 0. The molecule has 1 heterocycles. The van der Waals surface area contributed by atoms with E-state index in [1.54, 1.807) is 38.2 Å². The predicted molar refractivity (Wildman–Crippen MR) is 106 cm³/mol. The average Bonchev–Trinajstić information content (AvgIpc) is 3.11. The van der Waals surface area contributed by atoms with E-state index in [0.29, 0.717) is 17.3 Å². The minimum absolute atomic E-state index is 0.0448. The van der Waals surface area contributed by atoms with Gasteiger partial charge in [0, 0.05) is 23.9 Å². The number of nitrogens with zero attached hydrogens (tertiary/aromatic N) is 3. The van der Waals surface area contributed by atoms with Gasteiger partial charge in [0.2, 0.25) is 5.91 Å². The predicted octanol–water partition coefficient (Wildman–Crippen LogP) is 3.37. The lowest BCUT2D eigenvalue weighted by molar-refractivity contribution is -0.116. The van der Waals surface area contributed by atoms with Crippen LogP contribution in [0.3, 0.4) is 0 Å². The summed E-state index contributed by atoms with van der Waals surface area (Å²) in [7, 11) is 1.60. The molecule has 0 bridgehead atoms. The maximum atomic E-state index is 12.6. The number of carbonyl (C=O) groups is 2. The molecule has 1 aromatic heterocycles. The molecular formula is C21H22N4O3. The Kier molecular flexibility index (Phi) is 5.54. The number of anilines is 1. The van der Waals surface area contributed by atoms with Gasteiger partial charge in [0.15, 0.2) is 5.82 Å². The van der Waals surface area contributed by atoms with Crippen LogP contribution >= 0.6 is 0 Å². The van der Waals surface area contributed by atoms with Gasteiger partial charge in [-0.05, 0) is 62.2 Å². The van der Waals surface area contributed by atoms with E-state index in [-0.39, 0.29) is 18.4 Å². The van der Waals surface area contributed by atoms with Crippen molar-refractivity contribution in [3.05, 3.63) is 65.0 Å². The van der Waals surface area contributed by atoms with Gasteiger partial charge in [0.05, 0.1) is 6.54 Å². The quantitative estimate of drug-likeness (QED) is 0.735. The second kappa shape index (κ2) is 8.04. The van der Waals surface area contributed by atoms with Crippen LogP contribution in [0.25, 0.3) is 11.5 Å². The number of nitrogens with one attached hydrogen (secondary N) is 1. The Balaban J connectivity index is 1.63. The van der Waals surface area contributed by atoms with Gasteiger partial charge < -0.3 is 14.7 Å². The molecule has 0 saturated carbocycles. The lowest BCUT2D eigenvalue weighted by Gasteiger charge is -2.18. The Hall–Kier alpha value is -3.48. The number of benzene rings is 2. The van der Waals surface area contributed by atoms with Crippen LogP contribution in [0, 0.1) is 20.8 Å². The highest BCUT2D eigenvalue weighted by molar-refractivity contribution is 5.99. The molecule has 0 unspecified atom stereocenters. The molecule has 28 heavy (non-hydrogen) atoms. The third-order valence-electron chi connectivity index (χ3n) is 4.51. The van der Waals surface area contributed by atoms with Crippen LogP contribution in [0.5, 0.6) is 0 Å². The molecule has 0 fully saturated rings. The summed E-state index contributed by atoms with van der Waals surface area (Å²) in [6.45, 7) is 5.63. The van der Waals surface area contributed by atoms with Crippen LogP contribution in [0.4, 0.5) is 5.69 Å². The van der Waals surface area contributed by atoms with Crippen molar-refractivity contribution in [3.8, 4) is 11.5 Å². The summed E-state index contributed by atoms with van der Waals surface area (Å²) in [5.74, 6) is 0.453. The second-order valence-corrected chi connectivity index (χ2v) is 6.68. The summed E-state index contributed by atoms with van der Waals surface area (Å²) in [5.41, 5.74) is 4.06. The summed E-state index contributed by atoms with van der Waals surface area (Å²) in [4.78, 5) is 30.5. The van der Waals surface area contributed by atoms with E-state index in [1.165, 1.54) is 4.90 Å². The normalized spacial score (nSPS) is 10.6. The number of aryl methyl sites for hydroxylation is 2. The van der Waals surface area contributed by atoms with Crippen molar-refractivity contribution in [1.29, 1.82) is 0 Å². The van der Waals surface area contributed by atoms with Gasteiger partial charge in [0.1, 0.15) is 0 Å². The fourth-order valence-corrected chi connectivity index (χ4v) is 2.75. The summed E-state index contributed by atoms with van der Waals surface area (Å²) in [6.07, 6.45) is 0. The number of hydrogen-bond acceptors (Lipinski definition) is 5. The number of likely N-dealkylation sites (N-methyl/N-ethyl adjacent to an activating group) is 1. The first-order valence-electron chi connectivity index (χ1n) is 8.87. The molecule has 7 nitrogen and oxygen atoms in total. The Morgan fingerprint density at radius 1 is 1.07 bits per heavy atom. The Morgan fingerprint density at radius 3 is 2.43 bits per heavy atom. The molecule has 3 aromatic rings. The molecular weight excluding hydrogens is 356 g/mol. The molecule has 0 aliphatic carbocycles. The maximum absolute atomic E-state index is 12.6. The van der Waals surface area contributed by atoms with E-state index in [2.05, 4.69) is 15.5 Å². The van der Waals surface area contributed by atoms with Crippen LogP contribution in [0.15, 0.2) is 47.0 Å². The molecule has 0 aliphatic rings. The van der Waals surface area contributed by atoms with Crippen LogP contribution in [-0.4, -0.2) is 40.4 Å². The Bertz CT molecular complexity index is 1010. The molecule has 0 saturated heterocycles. The molecule has 0 aliphatic heterocycles. The van der Waals surface area contributed by atoms with Gasteiger partial charge in [-0.15, -0.1) is 0 Å². The minimum atomic E-state index is -0.248. The van der Waals surface area contributed by atoms with Crippen molar-refractivity contribution in [1.82, 2.24) is 15.0 Å². The Labute approximate surface area is 163 Å². The molecule has 2 amide bonds. The lowest BCUT2D eigenvalue weighted by atomic mass is 10.1. The van der Waals surface area contributed by atoms with Gasteiger partial charge in [-0.3, -0.25) is 9.59 Å². The largest absolute Gasteiger partial charge is 0.334 e. The summed E-state index contributed by atoms with van der Waals surface area (Å²) in [5, 5.41) is 6.61. The van der Waals surface area contributed by atoms with Crippen LogP contribution in [-0.2, 0) is 4.79 Å². The highest BCUT2D eigenvalue weighted by atomic mass is 16.5. The van der Waals surface area contributed by atoms with Gasteiger partial charge in [-0.25, -0.2) is 0 Å². The first-order valence-corrected chi connectivity index (χ1v) is 8.87. The monoisotopic (exact) mass is 378 g/mol. The average molecular weight is 378 g/mol. The van der Waals surface area contributed by atoms with Gasteiger partial charge in [0.25, 0.3) is 11.8 Å². The molecule has 144 valence electrons. The zero-order valence-corrected chi connectivity index (χ0v) is 16.3. The first kappa shape index (κ1) is 19.3. The highest BCUT2D eigenvalue weighted by Gasteiger charge is 2.16. The molecule has 0 radical (unpaired) electrons. The number of carbonyl (C=O) groups excluding carboxylic acids is 2. The number of rotatable bonds is 5. The zero-order valence-electron chi connectivity index (χ0n) is 16.3. The van der Waals surface area contributed by atoms with Crippen molar-refractivity contribution < 1.29 is 14.1 Å². The van der Waals surface area contributed by atoms with Crippen molar-refractivity contribution >= 4 is 17.5 Å². The smallest absolute Gasteiger partial charge is 0.257 e. The first-order chi connectivity index (χ1) is 13.3. The van der Waals surface area contributed by atoms with Crippen LogP contribution in [0.1, 0.15) is 27.3 Å². The third-order valence-corrected chi connectivity index (χ3v) is 4.51. The lowest BCUT2D eigenvalue weighted by Crippen LogP contribution is -2.35. The van der Waals surface area contributed by atoms with Crippen molar-refractivity contribution in [3.63, 3.8) is 0 Å². The van der Waals surface area contributed by atoms with E-state index >= 15 is 0 Å². The van der Waals surface area contributed by atoms with E-state index in [1.807, 2.05) is 32.0 Å². The standard InChI is InChI=1S/C21H22N4O3/c1-13-6-5-7-18(14(13)2)23-19(26)12-25(4)21(27)17-10-8-16(9-11-17)20-22-15(3)24-28-20/h5-11H,12H2,1-4H3,(H,23,26). The number of aromatic nitrogens is 2. The van der Waals surface area contributed by atoms with Crippen LogP contribution < -0.4 is 5.32 Å². The number of hydrogen-bond donors (Lipinski definition) is 1. The molecule has 3 rings (SSSR count). The summed E-state index contributed by atoms with van der Waals surface area (Å²) in [6, 6.07) is 12.6. The van der Waals surface area contributed by atoms with E-state index in [0.717, 1.165) is 22.4 Å². The fourth-order valence-electron chi connectivity index (χ4n) is 2.75. The molecule has 7 heteroatoms. The molecule has 0 atom stereocenters. The van der Waals surface area contributed by atoms with Gasteiger partial charge in [-0.1, -0.05) is 17.3 Å². The molecule has 1 N–H and O–H groups in total. The van der Waals surface area contributed by atoms with E-state index < -0.39 is 0 Å². The minimum Gasteiger partial charge on any atom is -0.334 e. The van der Waals surface area contributed by atoms with Crippen molar-refractivity contribution in [2.24, 2.45) is 0 Å². The van der Waals surface area contributed by atoms with E-state index in [4.69, 9.17) is 4.52 Å². The third kappa shape index (κ3) is 4.25. The Morgan fingerprint density at radius 2 is 1.79 bits per heavy atom. The zero-order chi connectivity index (χ0) is 20.3. The van der Waals surface area contributed by atoms with Gasteiger partial charge in [-0.2, -0.15) is 4.98 Å². The molecule has 2 aromatic carbocycles. The highest BCUT2D eigenvalue weighted by Crippen LogP contribution is 2.19. The van der Waals surface area contributed by atoms with E-state index in [9.17, 15) is 9.59 Å². The van der Waals surface area contributed by atoms with Crippen molar-refractivity contribution in [2.45, 2.75) is 20.8 Å². The fraction of sp³-hybridized carbons (Fsp3) is 0.238.